The summed E-state index contributed by atoms with van der Waals surface area (Å²) in [7, 11) is 0. The van der Waals surface area contributed by atoms with Gasteiger partial charge in [-0.05, 0) is 58.3 Å². The Morgan fingerprint density at radius 2 is 1.84 bits per heavy atom. The Morgan fingerprint density at radius 1 is 1.00 bits per heavy atom. The number of hydrogen-bond acceptors (Lipinski definition) is 3. The SMILES string of the molecule is O=C(CNC(=O)c1cccc(Cl)c1)Nc1cccc(-c2ccsc2)c1. The molecule has 0 aliphatic carbocycles. The van der Waals surface area contributed by atoms with Crippen molar-refractivity contribution in [2.75, 3.05) is 11.9 Å². The highest BCUT2D eigenvalue weighted by molar-refractivity contribution is 7.08. The molecule has 0 unspecified atom stereocenters. The monoisotopic (exact) mass is 370 g/mol. The fourth-order valence-electron chi connectivity index (χ4n) is 2.30. The third-order valence-corrected chi connectivity index (χ3v) is 4.42. The summed E-state index contributed by atoms with van der Waals surface area (Å²) in [4.78, 5) is 24.1. The summed E-state index contributed by atoms with van der Waals surface area (Å²) in [5.74, 6) is -0.637. The van der Waals surface area contributed by atoms with Gasteiger partial charge in [0.25, 0.3) is 5.91 Å². The normalized spacial score (nSPS) is 10.3. The maximum atomic E-state index is 12.1. The topological polar surface area (TPSA) is 58.2 Å². The lowest BCUT2D eigenvalue weighted by atomic mass is 10.1. The molecule has 0 bridgehead atoms. The first-order chi connectivity index (χ1) is 12.1. The van der Waals surface area contributed by atoms with Gasteiger partial charge in [0.1, 0.15) is 0 Å². The molecule has 25 heavy (non-hydrogen) atoms. The predicted molar refractivity (Wildman–Crippen MR) is 102 cm³/mol. The molecule has 0 fully saturated rings. The third-order valence-electron chi connectivity index (χ3n) is 3.50. The molecule has 2 amide bonds. The van der Waals surface area contributed by atoms with Crippen molar-refractivity contribution in [1.82, 2.24) is 5.32 Å². The molecule has 6 heteroatoms. The molecule has 4 nitrogen and oxygen atoms in total. The third kappa shape index (κ3) is 4.68. The van der Waals surface area contributed by atoms with Crippen LogP contribution in [0.5, 0.6) is 0 Å². The minimum Gasteiger partial charge on any atom is -0.343 e. The molecule has 0 aliphatic heterocycles. The lowest BCUT2D eigenvalue weighted by molar-refractivity contribution is -0.115. The molecule has 0 saturated carbocycles. The van der Waals surface area contributed by atoms with Gasteiger partial charge >= 0.3 is 0 Å². The number of halogens is 1. The average Bonchev–Trinajstić information content (AvgIpc) is 3.14. The number of carbonyl (C=O) groups excluding carboxylic acids is 2. The van der Waals surface area contributed by atoms with Crippen molar-refractivity contribution in [2.45, 2.75) is 0 Å². The number of carbonyl (C=O) groups is 2. The van der Waals surface area contributed by atoms with Crippen LogP contribution < -0.4 is 10.6 Å². The maximum absolute atomic E-state index is 12.1. The van der Waals surface area contributed by atoms with E-state index in [1.807, 2.05) is 41.1 Å². The molecule has 3 rings (SSSR count). The second-order valence-corrected chi connectivity index (χ2v) is 6.55. The Morgan fingerprint density at radius 3 is 2.60 bits per heavy atom. The first kappa shape index (κ1) is 17.2. The minimum atomic E-state index is -0.343. The molecule has 3 aromatic rings. The Balaban J connectivity index is 1.58. The molecule has 1 aromatic heterocycles. The summed E-state index contributed by atoms with van der Waals surface area (Å²) >= 11 is 7.48. The number of thiophene rings is 1. The summed E-state index contributed by atoms with van der Waals surface area (Å²) in [6.45, 7) is -0.117. The second kappa shape index (κ2) is 7.96. The highest BCUT2D eigenvalue weighted by Gasteiger charge is 2.09. The fraction of sp³-hybridized carbons (Fsp3) is 0.0526. The summed E-state index contributed by atoms with van der Waals surface area (Å²) in [5.41, 5.74) is 3.24. The summed E-state index contributed by atoms with van der Waals surface area (Å²) in [5, 5.41) is 9.89. The Labute approximate surface area is 154 Å². The van der Waals surface area contributed by atoms with Gasteiger partial charge in [0, 0.05) is 16.3 Å². The quantitative estimate of drug-likeness (QED) is 0.697. The van der Waals surface area contributed by atoms with E-state index in [1.165, 1.54) is 0 Å². The molecule has 0 aliphatic rings. The predicted octanol–water partition coefficient (Wildman–Crippen LogP) is 4.44. The van der Waals surface area contributed by atoms with Crippen LogP contribution in [0.2, 0.25) is 5.02 Å². The van der Waals surface area contributed by atoms with Crippen LogP contribution in [-0.4, -0.2) is 18.4 Å². The summed E-state index contributed by atoms with van der Waals surface area (Å²) in [6, 6.07) is 16.2. The van der Waals surface area contributed by atoms with Crippen molar-refractivity contribution in [2.24, 2.45) is 0 Å². The van der Waals surface area contributed by atoms with Gasteiger partial charge in [0.05, 0.1) is 6.54 Å². The van der Waals surface area contributed by atoms with Gasteiger partial charge in [-0.15, -0.1) is 0 Å². The van der Waals surface area contributed by atoms with Gasteiger partial charge in [-0.25, -0.2) is 0 Å². The molecule has 0 saturated heterocycles. The zero-order chi connectivity index (χ0) is 17.6. The van der Waals surface area contributed by atoms with E-state index in [4.69, 9.17) is 11.6 Å². The van der Waals surface area contributed by atoms with E-state index in [0.29, 0.717) is 16.3 Å². The van der Waals surface area contributed by atoms with E-state index in [0.717, 1.165) is 11.1 Å². The molecular formula is C19H15ClN2O2S. The van der Waals surface area contributed by atoms with Crippen LogP contribution in [0.25, 0.3) is 11.1 Å². The lowest BCUT2D eigenvalue weighted by Crippen LogP contribution is -2.32. The van der Waals surface area contributed by atoms with Crippen LogP contribution in [0.1, 0.15) is 10.4 Å². The van der Waals surface area contributed by atoms with Crippen molar-refractivity contribution in [3.8, 4) is 11.1 Å². The summed E-state index contributed by atoms with van der Waals surface area (Å²) in [6.07, 6.45) is 0. The number of nitrogens with one attached hydrogen (secondary N) is 2. The minimum absolute atomic E-state index is 0.117. The standard InChI is InChI=1S/C19H15ClN2O2S/c20-16-5-1-4-14(9-16)19(24)21-11-18(23)22-17-6-2-3-13(10-17)15-7-8-25-12-15/h1-10,12H,11H2,(H,21,24)(H,22,23). The number of rotatable bonds is 5. The second-order valence-electron chi connectivity index (χ2n) is 5.33. The van der Waals surface area contributed by atoms with E-state index in [9.17, 15) is 9.59 Å². The molecule has 126 valence electrons. The number of benzene rings is 2. The van der Waals surface area contributed by atoms with Crippen LogP contribution in [0, 0.1) is 0 Å². The zero-order valence-corrected chi connectivity index (χ0v) is 14.7. The Hall–Kier alpha value is -2.63. The van der Waals surface area contributed by atoms with Gasteiger partial charge in [-0.1, -0.05) is 29.8 Å². The number of amides is 2. The van der Waals surface area contributed by atoms with E-state index >= 15 is 0 Å². The van der Waals surface area contributed by atoms with Crippen molar-refractivity contribution in [1.29, 1.82) is 0 Å². The van der Waals surface area contributed by atoms with Gasteiger partial charge < -0.3 is 10.6 Å². The van der Waals surface area contributed by atoms with Crippen molar-refractivity contribution in [3.05, 3.63) is 75.9 Å². The first-order valence-corrected chi connectivity index (χ1v) is 8.90. The number of anilines is 1. The van der Waals surface area contributed by atoms with Crippen LogP contribution in [0.4, 0.5) is 5.69 Å². The molecule has 2 aromatic carbocycles. The molecule has 2 N–H and O–H groups in total. The van der Waals surface area contributed by atoms with Gasteiger partial charge in [-0.2, -0.15) is 11.3 Å². The van der Waals surface area contributed by atoms with E-state index in [-0.39, 0.29) is 18.4 Å². The van der Waals surface area contributed by atoms with Crippen LogP contribution in [-0.2, 0) is 4.79 Å². The van der Waals surface area contributed by atoms with Crippen LogP contribution in [0.15, 0.2) is 65.4 Å². The van der Waals surface area contributed by atoms with Crippen molar-refractivity contribution >= 4 is 40.4 Å². The average molecular weight is 371 g/mol. The van der Waals surface area contributed by atoms with Crippen LogP contribution >= 0.6 is 22.9 Å². The molecule has 0 atom stereocenters. The van der Waals surface area contributed by atoms with E-state index in [2.05, 4.69) is 10.6 Å². The Kier molecular flexibility index (Phi) is 5.48. The van der Waals surface area contributed by atoms with Gasteiger partial charge in [0.2, 0.25) is 5.91 Å². The van der Waals surface area contributed by atoms with Gasteiger partial charge in [-0.3, -0.25) is 9.59 Å². The molecule has 0 spiro atoms. The highest BCUT2D eigenvalue weighted by atomic mass is 35.5. The van der Waals surface area contributed by atoms with Crippen molar-refractivity contribution in [3.63, 3.8) is 0 Å². The number of hydrogen-bond donors (Lipinski definition) is 2. The molecule has 1 heterocycles. The fourth-order valence-corrected chi connectivity index (χ4v) is 3.16. The maximum Gasteiger partial charge on any atom is 0.251 e. The molecule has 0 radical (unpaired) electrons. The van der Waals surface area contributed by atoms with Crippen LogP contribution in [0.3, 0.4) is 0 Å². The lowest BCUT2D eigenvalue weighted by Gasteiger charge is -2.08. The largest absolute Gasteiger partial charge is 0.343 e. The first-order valence-electron chi connectivity index (χ1n) is 7.58. The smallest absolute Gasteiger partial charge is 0.251 e. The van der Waals surface area contributed by atoms with E-state index < -0.39 is 0 Å². The van der Waals surface area contributed by atoms with Crippen molar-refractivity contribution < 1.29 is 9.59 Å². The summed E-state index contributed by atoms with van der Waals surface area (Å²) < 4.78 is 0. The Bertz CT molecular complexity index is 894. The van der Waals surface area contributed by atoms with Gasteiger partial charge in [0.15, 0.2) is 0 Å². The van der Waals surface area contributed by atoms with E-state index in [1.54, 1.807) is 35.6 Å². The zero-order valence-electron chi connectivity index (χ0n) is 13.2. The highest BCUT2D eigenvalue weighted by Crippen LogP contribution is 2.24. The molecular weight excluding hydrogens is 356 g/mol.